The number of fused-ring (bicyclic) bond motifs is 1. The summed E-state index contributed by atoms with van der Waals surface area (Å²) in [6.07, 6.45) is 6.58. The molecule has 3 saturated carbocycles. The zero-order valence-electron chi connectivity index (χ0n) is 21.0. The predicted molar refractivity (Wildman–Crippen MR) is 140 cm³/mol. The van der Waals surface area contributed by atoms with Crippen molar-refractivity contribution < 1.29 is 9.53 Å². The molecular formula is C29H33N5O2. The van der Waals surface area contributed by atoms with Crippen LogP contribution < -0.4 is 10.2 Å². The molecule has 0 atom stereocenters. The van der Waals surface area contributed by atoms with Gasteiger partial charge in [-0.25, -0.2) is 9.97 Å². The second-order valence-corrected chi connectivity index (χ2v) is 11.0. The lowest BCUT2D eigenvalue weighted by Gasteiger charge is -2.69. The molecule has 1 aliphatic heterocycles. The Hall–Kier alpha value is -3.48. The number of ether oxygens (including phenoxy) is 1. The molecule has 0 saturated heterocycles. The van der Waals surface area contributed by atoms with Crippen molar-refractivity contribution in [1.82, 2.24) is 15.0 Å². The molecule has 4 aliphatic rings. The molecule has 3 heterocycles. The van der Waals surface area contributed by atoms with Gasteiger partial charge < -0.3 is 15.0 Å². The molecule has 7 heteroatoms. The summed E-state index contributed by atoms with van der Waals surface area (Å²) in [6, 6.07) is 16.6. The van der Waals surface area contributed by atoms with E-state index in [9.17, 15) is 4.79 Å². The minimum absolute atomic E-state index is 0.0793. The molecule has 7 nitrogen and oxygen atoms in total. The standard InChI is InChI=1S/C29H33N5O2/c1-20(2)27(35)36-29-16-28(17-29,18-29)19-31-24-15-25(33-26(32-24)23-9-5-6-12-30-23)34-13-10-21-7-3-4-8-22(21)11-14-34/h3-9,12,15,20H,10-11,13-14,16-19H2,1-2H3,(H,31,32,33). The van der Waals surface area contributed by atoms with Gasteiger partial charge in [-0.3, -0.25) is 9.78 Å². The van der Waals surface area contributed by atoms with Crippen LogP contribution in [0, 0.1) is 11.3 Å². The highest BCUT2D eigenvalue weighted by molar-refractivity contribution is 5.72. The first-order valence-corrected chi connectivity index (χ1v) is 13.0. The van der Waals surface area contributed by atoms with Gasteiger partial charge in [0, 0.05) is 31.9 Å². The van der Waals surface area contributed by atoms with Gasteiger partial charge in [0.25, 0.3) is 0 Å². The normalized spacial score (nSPS) is 24.2. The number of pyridine rings is 1. The van der Waals surface area contributed by atoms with Crippen LogP contribution in [0.25, 0.3) is 11.5 Å². The topological polar surface area (TPSA) is 80.2 Å². The molecule has 1 aromatic carbocycles. The monoisotopic (exact) mass is 483 g/mol. The van der Waals surface area contributed by atoms with Crippen LogP contribution in [-0.2, 0) is 22.4 Å². The third kappa shape index (κ3) is 4.31. The van der Waals surface area contributed by atoms with E-state index in [2.05, 4.69) is 45.5 Å². The van der Waals surface area contributed by atoms with Crippen LogP contribution in [0.1, 0.15) is 44.2 Å². The Morgan fingerprint density at radius 2 is 1.72 bits per heavy atom. The number of rotatable bonds is 7. The average Bonchev–Trinajstić information content (AvgIpc) is 3.07. The zero-order chi connectivity index (χ0) is 24.8. The molecule has 3 aromatic rings. The number of esters is 1. The number of aromatic nitrogens is 3. The Labute approximate surface area is 212 Å². The summed E-state index contributed by atoms with van der Waals surface area (Å²) in [5.41, 5.74) is 3.59. The van der Waals surface area contributed by atoms with Crippen molar-refractivity contribution in [2.75, 3.05) is 29.9 Å². The van der Waals surface area contributed by atoms with Crippen LogP contribution in [0.2, 0.25) is 0 Å². The minimum atomic E-state index is -0.222. The van der Waals surface area contributed by atoms with Gasteiger partial charge in [0.2, 0.25) is 0 Å². The van der Waals surface area contributed by atoms with Crippen LogP contribution in [0.5, 0.6) is 0 Å². The van der Waals surface area contributed by atoms with Gasteiger partial charge in [0.05, 0.1) is 5.92 Å². The summed E-state index contributed by atoms with van der Waals surface area (Å²) in [5, 5.41) is 3.59. The maximum absolute atomic E-state index is 12.1. The lowest BCUT2D eigenvalue weighted by atomic mass is 9.41. The second kappa shape index (κ2) is 8.87. The molecule has 2 aromatic heterocycles. The minimum Gasteiger partial charge on any atom is -0.459 e. The zero-order valence-corrected chi connectivity index (χ0v) is 21.0. The number of hydrogen-bond acceptors (Lipinski definition) is 7. The number of benzene rings is 1. The van der Waals surface area contributed by atoms with Gasteiger partial charge in [0.1, 0.15) is 22.9 Å². The molecule has 0 unspecified atom stereocenters. The third-order valence-electron chi connectivity index (χ3n) is 7.88. The molecule has 0 amide bonds. The average molecular weight is 484 g/mol. The molecule has 2 bridgehead atoms. The lowest BCUT2D eigenvalue weighted by molar-refractivity contribution is -0.269. The summed E-state index contributed by atoms with van der Waals surface area (Å²) in [5.74, 6) is 2.22. The first-order valence-electron chi connectivity index (χ1n) is 13.0. The maximum Gasteiger partial charge on any atom is 0.308 e. The van der Waals surface area contributed by atoms with Crippen molar-refractivity contribution in [3.8, 4) is 11.5 Å². The number of nitrogens with zero attached hydrogens (tertiary/aromatic N) is 4. The summed E-state index contributed by atoms with van der Waals surface area (Å²) in [4.78, 5) is 28.7. The molecule has 3 fully saturated rings. The first kappa shape index (κ1) is 23.0. The fraction of sp³-hybridized carbons (Fsp3) is 0.448. The third-order valence-corrected chi connectivity index (χ3v) is 7.88. The van der Waals surface area contributed by atoms with Gasteiger partial charge >= 0.3 is 5.97 Å². The van der Waals surface area contributed by atoms with Gasteiger partial charge in [-0.15, -0.1) is 0 Å². The van der Waals surface area contributed by atoms with Crippen molar-refractivity contribution in [3.63, 3.8) is 0 Å². The number of carbonyl (C=O) groups excluding carboxylic acids is 1. The van der Waals surface area contributed by atoms with E-state index < -0.39 is 0 Å². The summed E-state index contributed by atoms with van der Waals surface area (Å²) in [6.45, 7) is 6.43. The van der Waals surface area contributed by atoms with Crippen molar-refractivity contribution in [2.24, 2.45) is 11.3 Å². The Bertz CT molecular complexity index is 1230. The summed E-state index contributed by atoms with van der Waals surface area (Å²) < 4.78 is 5.78. The van der Waals surface area contributed by atoms with Crippen LogP contribution >= 0.6 is 0 Å². The maximum atomic E-state index is 12.1. The SMILES string of the molecule is CC(C)C(=O)OC12CC(CNc3cc(N4CCc5ccccc5CC4)nc(-c4ccccn4)n3)(C1)C2. The van der Waals surface area contributed by atoms with Crippen LogP contribution in [-0.4, -0.2) is 46.2 Å². The number of hydrogen-bond donors (Lipinski definition) is 1. The van der Waals surface area contributed by atoms with Crippen molar-refractivity contribution in [1.29, 1.82) is 0 Å². The smallest absolute Gasteiger partial charge is 0.308 e. The molecule has 36 heavy (non-hydrogen) atoms. The van der Waals surface area contributed by atoms with Crippen molar-refractivity contribution in [2.45, 2.75) is 51.6 Å². The highest BCUT2D eigenvalue weighted by atomic mass is 16.6. The highest BCUT2D eigenvalue weighted by Gasteiger charge is 2.70. The highest BCUT2D eigenvalue weighted by Crippen LogP contribution is 2.69. The summed E-state index contributed by atoms with van der Waals surface area (Å²) >= 11 is 0. The van der Waals surface area contributed by atoms with Crippen molar-refractivity contribution >= 4 is 17.6 Å². The van der Waals surface area contributed by atoms with Crippen LogP contribution in [0.3, 0.4) is 0 Å². The van der Waals surface area contributed by atoms with Gasteiger partial charge in [-0.05, 0) is 60.8 Å². The van der Waals surface area contributed by atoms with Crippen LogP contribution in [0.15, 0.2) is 54.7 Å². The van der Waals surface area contributed by atoms with E-state index in [4.69, 9.17) is 14.7 Å². The molecule has 1 N–H and O–H groups in total. The van der Waals surface area contributed by atoms with E-state index in [-0.39, 0.29) is 22.9 Å². The Kier molecular flexibility index (Phi) is 5.66. The lowest BCUT2D eigenvalue weighted by Crippen LogP contribution is -2.71. The van der Waals surface area contributed by atoms with E-state index in [1.165, 1.54) is 11.1 Å². The molecule has 7 rings (SSSR count). The fourth-order valence-electron chi connectivity index (χ4n) is 5.99. The molecule has 0 radical (unpaired) electrons. The molecule has 0 spiro atoms. The molecule has 3 aliphatic carbocycles. The first-order chi connectivity index (χ1) is 17.4. The van der Waals surface area contributed by atoms with E-state index in [1.54, 1.807) is 6.20 Å². The van der Waals surface area contributed by atoms with Gasteiger partial charge in [0.15, 0.2) is 5.82 Å². The molecular weight excluding hydrogens is 450 g/mol. The fourth-order valence-corrected chi connectivity index (χ4v) is 5.99. The number of anilines is 2. The van der Waals surface area contributed by atoms with Crippen LogP contribution in [0.4, 0.5) is 11.6 Å². The summed E-state index contributed by atoms with van der Waals surface area (Å²) in [7, 11) is 0. The second-order valence-electron chi connectivity index (χ2n) is 11.0. The quantitative estimate of drug-likeness (QED) is 0.489. The van der Waals surface area contributed by atoms with Gasteiger partial charge in [-0.2, -0.15) is 0 Å². The van der Waals surface area contributed by atoms with Crippen molar-refractivity contribution in [3.05, 3.63) is 65.9 Å². The van der Waals surface area contributed by atoms with E-state index in [0.29, 0.717) is 5.82 Å². The Morgan fingerprint density at radius 1 is 1.03 bits per heavy atom. The van der Waals surface area contributed by atoms with E-state index >= 15 is 0 Å². The predicted octanol–water partition coefficient (Wildman–Crippen LogP) is 4.68. The Balaban J connectivity index is 1.19. The van der Waals surface area contributed by atoms with E-state index in [1.807, 2.05) is 32.0 Å². The van der Waals surface area contributed by atoms with Gasteiger partial charge in [-0.1, -0.05) is 44.2 Å². The largest absolute Gasteiger partial charge is 0.459 e. The number of carbonyl (C=O) groups is 1. The number of nitrogens with one attached hydrogen (secondary N) is 1. The van der Waals surface area contributed by atoms with E-state index in [0.717, 1.165) is 69.1 Å². The Morgan fingerprint density at radius 3 is 2.36 bits per heavy atom. The molecule has 186 valence electrons.